The summed E-state index contributed by atoms with van der Waals surface area (Å²) in [6.07, 6.45) is -0.101. The summed E-state index contributed by atoms with van der Waals surface area (Å²) < 4.78 is 5.58. The molecule has 0 spiro atoms. The van der Waals surface area contributed by atoms with Crippen LogP contribution in [0.2, 0.25) is 0 Å². The van der Waals surface area contributed by atoms with Crippen LogP contribution in [0.3, 0.4) is 0 Å². The summed E-state index contributed by atoms with van der Waals surface area (Å²) in [6.45, 7) is 6.44. The highest BCUT2D eigenvalue weighted by Gasteiger charge is 2.30. The van der Waals surface area contributed by atoms with Crippen LogP contribution < -0.4 is 5.32 Å². The Bertz CT molecular complexity index is 810. The highest BCUT2D eigenvalue weighted by Crippen LogP contribution is 2.19. The van der Waals surface area contributed by atoms with Crippen LogP contribution in [-0.4, -0.2) is 68.9 Å². The van der Waals surface area contributed by atoms with Gasteiger partial charge >= 0.3 is 6.09 Å². The quantitative estimate of drug-likeness (QED) is 0.305. The molecule has 9 nitrogen and oxygen atoms in total. The fourth-order valence-corrected chi connectivity index (χ4v) is 3.61. The second-order valence-corrected chi connectivity index (χ2v) is 9.07. The molecule has 1 aliphatic heterocycles. The number of thiol groups is 1. The van der Waals surface area contributed by atoms with Gasteiger partial charge in [0.25, 0.3) is 5.69 Å². The van der Waals surface area contributed by atoms with E-state index in [0.717, 1.165) is 5.56 Å². The second-order valence-electron chi connectivity index (χ2n) is 7.95. The zero-order chi connectivity index (χ0) is 22.5. The highest BCUT2D eigenvalue weighted by molar-refractivity contribution is 8.10. The normalized spacial score (nSPS) is 16.7. The lowest BCUT2D eigenvalue weighted by Crippen LogP contribution is -2.57. The molecule has 1 atom stereocenters. The maximum atomic E-state index is 12.6. The Balaban J connectivity index is 2.00. The lowest BCUT2D eigenvalue weighted by molar-refractivity contribution is -0.384. The van der Waals surface area contributed by atoms with E-state index in [-0.39, 0.29) is 24.2 Å². The molecule has 2 amide bonds. The summed E-state index contributed by atoms with van der Waals surface area (Å²) >= 11 is 9.52. The fourth-order valence-electron chi connectivity index (χ4n) is 3.11. The van der Waals surface area contributed by atoms with Gasteiger partial charge in [-0.3, -0.25) is 14.9 Å². The Kier molecular flexibility index (Phi) is 8.02. The van der Waals surface area contributed by atoms with Gasteiger partial charge in [-0.15, -0.1) is 12.6 Å². The zero-order valence-corrected chi connectivity index (χ0v) is 18.9. The van der Waals surface area contributed by atoms with Crippen molar-refractivity contribution in [2.75, 3.05) is 26.2 Å². The predicted molar refractivity (Wildman–Crippen MR) is 120 cm³/mol. The Morgan fingerprint density at radius 2 is 1.93 bits per heavy atom. The molecule has 1 N–H and O–H groups in total. The molecular weight excluding hydrogens is 428 g/mol. The first-order valence-corrected chi connectivity index (χ1v) is 10.3. The molecule has 0 aliphatic carbocycles. The number of rotatable bonds is 5. The summed E-state index contributed by atoms with van der Waals surface area (Å²) in [7, 11) is 0. The van der Waals surface area contributed by atoms with Crippen molar-refractivity contribution in [3.63, 3.8) is 0 Å². The average Bonchev–Trinajstić information content (AvgIpc) is 2.65. The third-order valence-corrected chi connectivity index (χ3v) is 4.97. The molecule has 1 fully saturated rings. The van der Waals surface area contributed by atoms with Crippen LogP contribution in [0.25, 0.3) is 0 Å². The van der Waals surface area contributed by atoms with Gasteiger partial charge in [0, 0.05) is 31.8 Å². The largest absolute Gasteiger partial charge is 0.444 e. The number of benzene rings is 1. The van der Waals surface area contributed by atoms with E-state index < -0.39 is 16.6 Å². The number of non-ortho nitro benzene ring substituents is 1. The van der Waals surface area contributed by atoms with Crippen molar-refractivity contribution < 1.29 is 19.2 Å². The number of carbonyl (C=O) groups is 2. The maximum absolute atomic E-state index is 12.6. The minimum atomic E-state index is -0.645. The molecule has 1 heterocycles. The van der Waals surface area contributed by atoms with Crippen LogP contribution in [0.5, 0.6) is 0 Å². The first-order chi connectivity index (χ1) is 14.0. The van der Waals surface area contributed by atoms with Gasteiger partial charge in [-0.05, 0) is 32.8 Å². The van der Waals surface area contributed by atoms with Crippen LogP contribution in [0.4, 0.5) is 10.5 Å². The number of hydrogen-bond donors (Lipinski definition) is 2. The van der Waals surface area contributed by atoms with Gasteiger partial charge in [0.2, 0.25) is 5.91 Å². The van der Waals surface area contributed by atoms with Crippen molar-refractivity contribution in [3.05, 3.63) is 39.9 Å². The molecule has 0 radical (unpaired) electrons. The number of piperazine rings is 1. The standard InChI is InChI=1S/C19H26N4O5S2/c1-19(2,3)28-17(25)20-11-16(24)21-8-9-22(18(29)30)15(12-21)10-13-4-6-14(7-5-13)23(26)27/h4-7,15H,8-12H2,1-3H3,(H,20,25)(H,29,30). The molecular formula is C19H26N4O5S2. The van der Waals surface area contributed by atoms with Crippen LogP contribution in [0, 0.1) is 10.1 Å². The Hall–Kier alpha value is -2.40. The van der Waals surface area contributed by atoms with Gasteiger partial charge < -0.3 is 19.9 Å². The van der Waals surface area contributed by atoms with Crippen molar-refractivity contribution in [3.8, 4) is 0 Å². The first kappa shape index (κ1) is 23.9. The SMILES string of the molecule is CC(C)(C)OC(=O)NCC(=O)N1CCN(C(=S)S)C(Cc2ccc([N+](=O)[O-])cc2)C1. The Labute approximate surface area is 186 Å². The number of ether oxygens (including phenoxy) is 1. The van der Waals surface area contributed by atoms with Crippen LogP contribution in [0.15, 0.2) is 24.3 Å². The first-order valence-electron chi connectivity index (χ1n) is 9.44. The second kappa shape index (κ2) is 10.1. The minimum Gasteiger partial charge on any atom is -0.444 e. The highest BCUT2D eigenvalue weighted by atomic mass is 32.1. The van der Waals surface area contributed by atoms with Gasteiger partial charge in [0.1, 0.15) is 16.5 Å². The molecule has 11 heteroatoms. The topological polar surface area (TPSA) is 105 Å². The fraction of sp³-hybridized carbons (Fsp3) is 0.526. The number of nitro benzene ring substituents is 1. The molecule has 1 aromatic carbocycles. The van der Waals surface area contributed by atoms with E-state index >= 15 is 0 Å². The molecule has 1 unspecified atom stereocenters. The van der Waals surface area contributed by atoms with E-state index in [1.165, 1.54) is 12.1 Å². The van der Waals surface area contributed by atoms with Gasteiger partial charge in [0.05, 0.1) is 11.0 Å². The number of amides is 2. The van der Waals surface area contributed by atoms with Gasteiger partial charge in [-0.2, -0.15) is 0 Å². The summed E-state index contributed by atoms with van der Waals surface area (Å²) in [4.78, 5) is 38.3. The molecule has 1 aliphatic rings. The predicted octanol–water partition coefficient (Wildman–Crippen LogP) is 2.39. The van der Waals surface area contributed by atoms with Crippen LogP contribution in [0.1, 0.15) is 26.3 Å². The van der Waals surface area contributed by atoms with E-state index in [2.05, 4.69) is 17.9 Å². The lowest BCUT2D eigenvalue weighted by atomic mass is 10.0. The number of thiocarbonyl (C=S) groups is 1. The number of alkyl carbamates (subject to hydrolysis) is 1. The number of carbonyl (C=O) groups excluding carboxylic acids is 2. The van der Waals surface area contributed by atoms with Crippen molar-refractivity contribution in [1.29, 1.82) is 0 Å². The molecule has 164 valence electrons. The molecule has 1 aromatic rings. The molecule has 30 heavy (non-hydrogen) atoms. The molecule has 0 bridgehead atoms. The van der Waals surface area contributed by atoms with Crippen molar-refractivity contribution in [2.45, 2.75) is 38.8 Å². The number of hydrogen-bond acceptors (Lipinski definition) is 6. The zero-order valence-electron chi connectivity index (χ0n) is 17.2. The van der Waals surface area contributed by atoms with E-state index in [1.807, 2.05) is 4.90 Å². The van der Waals surface area contributed by atoms with E-state index in [1.54, 1.807) is 37.8 Å². The van der Waals surface area contributed by atoms with Gasteiger partial charge in [-0.25, -0.2) is 4.79 Å². The third-order valence-electron chi connectivity index (χ3n) is 4.48. The molecule has 0 aromatic heterocycles. The van der Waals surface area contributed by atoms with E-state index in [4.69, 9.17) is 17.0 Å². The average molecular weight is 455 g/mol. The number of nitro groups is 1. The Morgan fingerprint density at radius 3 is 2.47 bits per heavy atom. The van der Waals surface area contributed by atoms with Crippen molar-refractivity contribution >= 4 is 46.9 Å². The number of nitrogens with one attached hydrogen (secondary N) is 1. The Morgan fingerprint density at radius 1 is 1.30 bits per heavy atom. The van der Waals surface area contributed by atoms with Gasteiger partial charge in [-0.1, -0.05) is 24.4 Å². The third kappa shape index (κ3) is 7.13. The van der Waals surface area contributed by atoms with Crippen LogP contribution >= 0.6 is 24.8 Å². The number of nitrogens with zero attached hydrogens (tertiary/aromatic N) is 3. The lowest BCUT2D eigenvalue weighted by Gasteiger charge is -2.42. The monoisotopic (exact) mass is 454 g/mol. The van der Waals surface area contributed by atoms with E-state index in [9.17, 15) is 19.7 Å². The molecule has 0 saturated carbocycles. The summed E-state index contributed by atoms with van der Waals surface area (Å²) in [5, 5.41) is 13.3. The molecule has 2 rings (SSSR count). The smallest absolute Gasteiger partial charge is 0.408 e. The summed E-state index contributed by atoms with van der Waals surface area (Å²) in [5.74, 6) is -0.223. The van der Waals surface area contributed by atoms with Crippen molar-refractivity contribution in [1.82, 2.24) is 15.1 Å². The van der Waals surface area contributed by atoms with Crippen molar-refractivity contribution in [2.24, 2.45) is 0 Å². The summed E-state index contributed by atoms with van der Waals surface area (Å²) in [5.41, 5.74) is 0.270. The summed E-state index contributed by atoms with van der Waals surface area (Å²) in [6, 6.07) is 6.17. The van der Waals surface area contributed by atoms with Gasteiger partial charge in [0.15, 0.2) is 0 Å². The molecule has 1 saturated heterocycles. The van der Waals surface area contributed by atoms with E-state index in [0.29, 0.717) is 30.4 Å². The maximum Gasteiger partial charge on any atom is 0.408 e. The van der Waals surface area contributed by atoms with Crippen LogP contribution in [-0.2, 0) is 16.0 Å². The minimum absolute atomic E-state index is 0.0222.